The first-order valence-electron chi connectivity index (χ1n) is 8.60. The third-order valence-corrected chi connectivity index (χ3v) is 6.86. The number of hydrogen-bond acceptors (Lipinski definition) is 4. The van der Waals surface area contributed by atoms with Gasteiger partial charge >= 0.3 is 5.97 Å². The second kappa shape index (κ2) is 7.83. The van der Waals surface area contributed by atoms with Gasteiger partial charge in [0.25, 0.3) is 0 Å². The van der Waals surface area contributed by atoms with Crippen LogP contribution in [0.25, 0.3) is 0 Å². The zero-order chi connectivity index (χ0) is 17.7. The summed E-state index contributed by atoms with van der Waals surface area (Å²) in [4.78, 5) is 12.0. The Bertz CT molecular complexity index is 800. The van der Waals surface area contributed by atoms with Gasteiger partial charge in [-0.15, -0.1) is 0 Å². The summed E-state index contributed by atoms with van der Waals surface area (Å²) in [5.41, 5.74) is 1.08. The Morgan fingerprint density at radius 2 is 1.64 bits per heavy atom. The number of esters is 1. The molecular formula is C20H22O4S. The van der Waals surface area contributed by atoms with Crippen molar-refractivity contribution >= 4 is 15.8 Å². The molecule has 5 heteroatoms. The molecule has 2 atom stereocenters. The molecule has 0 aromatic heterocycles. The highest BCUT2D eigenvalue weighted by atomic mass is 32.2. The second-order valence-corrected chi connectivity index (χ2v) is 8.51. The molecule has 1 heterocycles. The summed E-state index contributed by atoms with van der Waals surface area (Å²) < 4.78 is 31.8. The first-order chi connectivity index (χ1) is 12.1. The number of benzene rings is 2. The molecule has 0 bridgehead atoms. The number of hydrogen-bond donors (Lipinski definition) is 0. The van der Waals surface area contributed by atoms with Crippen LogP contribution in [-0.2, 0) is 25.8 Å². The van der Waals surface area contributed by atoms with Crippen LogP contribution in [0.3, 0.4) is 0 Å². The predicted molar refractivity (Wildman–Crippen MR) is 95.9 cm³/mol. The third-order valence-electron chi connectivity index (χ3n) is 4.60. The van der Waals surface area contributed by atoms with Crippen LogP contribution in [0.5, 0.6) is 0 Å². The lowest BCUT2D eigenvalue weighted by Crippen LogP contribution is -2.40. The second-order valence-electron chi connectivity index (χ2n) is 6.34. The number of carbonyl (C=O) groups is 1. The molecule has 0 spiro atoms. The largest absolute Gasteiger partial charge is 0.461 e. The summed E-state index contributed by atoms with van der Waals surface area (Å²) in [6.07, 6.45) is 2.13. The van der Waals surface area contributed by atoms with E-state index in [4.69, 9.17) is 4.74 Å². The van der Waals surface area contributed by atoms with Gasteiger partial charge in [-0.1, -0.05) is 48.5 Å². The Morgan fingerprint density at radius 1 is 1.00 bits per heavy atom. The van der Waals surface area contributed by atoms with Crippen LogP contribution >= 0.6 is 0 Å². The van der Waals surface area contributed by atoms with E-state index in [9.17, 15) is 13.2 Å². The monoisotopic (exact) mass is 358 g/mol. The van der Waals surface area contributed by atoms with Crippen LogP contribution in [0.2, 0.25) is 0 Å². The predicted octanol–water partition coefficient (Wildman–Crippen LogP) is 3.56. The van der Waals surface area contributed by atoms with E-state index in [1.54, 1.807) is 30.3 Å². The highest BCUT2D eigenvalue weighted by Crippen LogP contribution is 2.29. The third kappa shape index (κ3) is 4.28. The van der Waals surface area contributed by atoms with Crippen LogP contribution in [0.15, 0.2) is 65.6 Å². The average Bonchev–Trinajstić information content (AvgIpc) is 2.63. The summed E-state index contributed by atoms with van der Waals surface area (Å²) in [6.45, 7) is 0. The van der Waals surface area contributed by atoms with Crippen molar-refractivity contribution in [3.63, 3.8) is 0 Å². The molecule has 0 radical (unpaired) electrons. The Morgan fingerprint density at radius 3 is 2.28 bits per heavy atom. The van der Waals surface area contributed by atoms with E-state index in [-0.39, 0.29) is 10.9 Å². The number of sulfone groups is 1. The summed E-state index contributed by atoms with van der Waals surface area (Å²) in [5.74, 6) is -0.302. The molecule has 1 saturated heterocycles. The highest BCUT2D eigenvalue weighted by molar-refractivity contribution is 7.92. The van der Waals surface area contributed by atoms with E-state index in [1.807, 2.05) is 30.3 Å². The fourth-order valence-corrected chi connectivity index (χ4v) is 5.18. The molecule has 132 valence electrons. The first kappa shape index (κ1) is 17.7. The maximum absolute atomic E-state index is 13.2. The highest BCUT2D eigenvalue weighted by Gasteiger charge is 2.38. The number of ether oxygens (including phenoxy) is 1. The fourth-order valence-electron chi connectivity index (χ4n) is 3.28. The van der Waals surface area contributed by atoms with Gasteiger partial charge in [0.05, 0.1) is 4.90 Å². The number of aryl methyl sites for hydroxylation is 1. The van der Waals surface area contributed by atoms with Crippen LogP contribution in [-0.4, -0.2) is 25.7 Å². The molecule has 1 fully saturated rings. The normalized spacial score (nSPS) is 19.2. The molecule has 0 aliphatic carbocycles. The Labute approximate surface area is 148 Å². The number of rotatable bonds is 6. The van der Waals surface area contributed by atoms with Crippen LogP contribution in [0.4, 0.5) is 0 Å². The van der Waals surface area contributed by atoms with Gasteiger partial charge in [0.2, 0.25) is 0 Å². The van der Waals surface area contributed by atoms with Gasteiger partial charge in [-0.25, -0.2) is 8.42 Å². The van der Waals surface area contributed by atoms with Crippen LogP contribution < -0.4 is 0 Å². The maximum atomic E-state index is 13.2. The van der Waals surface area contributed by atoms with Crippen molar-refractivity contribution in [3.8, 4) is 0 Å². The lowest BCUT2D eigenvalue weighted by atomic mass is 10.0. The molecule has 3 rings (SSSR count). The summed E-state index contributed by atoms with van der Waals surface area (Å²) in [6, 6.07) is 18.2. The number of cyclic esters (lactones) is 1. The van der Waals surface area contributed by atoms with Crippen molar-refractivity contribution < 1.29 is 17.9 Å². The summed E-state index contributed by atoms with van der Waals surface area (Å²) in [5, 5.41) is -0.723. The van der Waals surface area contributed by atoms with Gasteiger partial charge in [-0.3, -0.25) is 4.79 Å². The standard InChI is InChI=1S/C20H22O4S/c21-20-13-7-12-18(24-20)19(15-14-16-8-3-1-4-9-16)25(22,23)17-10-5-2-6-11-17/h1-6,8-11,18-19H,7,12-15H2. The van der Waals surface area contributed by atoms with E-state index in [0.29, 0.717) is 32.1 Å². The fraction of sp³-hybridized carbons (Fsp3) is 0.350. The van der Waals surface area contributed by atoms with E-state index in [2.05, 4.69) is 0 Å². The van der Waals surface area contributed by atoms with E-state index >= 15 is 0 Å². The smallest absolute Gasteiger partial charge is 0.306 e. The lowest BCUT2D eigenvalue weighted by Gasteiger charge is -2.30. The molecule has 4 nitrogen and oxygen atoms in total. The van der Waals surface area contributed by atoms with Gasteiger partial charge in [-0.2, -0.15) is 0 Å². The van der Waals surface area contributed by atoms with Crippen molar-refractivity contribution in [1.29, 1.82) is 0 Å². The Balaban J connectivity index is 1.87. The molecule has 1 aliphatic rings. The molecule has 0 N–H and O–H groups in total. The minimum absolute atomic E-state index is 0.287. The van der Waals surface area contributed by atoms with Gasteiger partial charge in [0.15, 0.2) is 9.84 Å². The lowest BCUT2D eigenvalue weighted by molar-refractivity contribution is -0.153. The number of carbonyl (C=O) groups excluding carboxylic acids is 1. The minimum Gasteiger partial charge on any atom is -0.461 e. The molecule has 0 amide bonds. The van der Waals surface area contributed by atoms with E-state index < -0.39 is 21.2 Å². The van der Waals surface area contributed by atoms with Crippen molar-refractivity contribution in [3.05, 3.63) is 66.2 Å². The topological polar surface area (TPSA) is 60.4 Å². The zero-order valence-corrected chi connectivity index (χ0v) is 14.8. The summed E-state index contributed by atoms with van der Waals surface area (Å²) >= 11 is 0. The SMILES string of the molecule is O=C1CCCC(C(CCc2ccccc2)S(=O)(=O)c2ccccc2)O1. The maximum Gasteiger partial charge on any atom is 0.306 e. The van der Waals surface area contributed by atoms with Gasteiger partial charge < -0.3 is 4.74 Å². The molecule has 2 aromatic rings. The summed E-state index contributed by atoms with van der Waals surface area (Å²) in [7, 11) is -3.57. The van der Waals surface area contributed by atoms with Gasteiger partial charge in [-0.05, 0) is 43.4 Å². The van der Waals surface area contributed by atoms with Gasteiger partial charge in [0.1, 0.15) is 11.4 Å². The molecule has 1 aliphatic heterocycles. The van der Waals surface area contributed by atoms with Crippen LogP contribution in [0.1, 0.15) is 31.2 Å². The van der Waals surface area contributed by atoms with Crippen molar-refractivity contribution in [2.45, 2.75) is 48.4 Å². The molecule has 2 unspecified atom stereocenters. The van der Waals surface area contributed by atoms with Crippen molar-refractivity contribution in [1.82, 2.24) is 0 Å². The Hall–Kier alpha value is -2.14. The van der Waals surface area contributed by atoms with E-state index in [1.165, 1.54) is 0 Å². The van der Waals surface area contributed by atoms with Gasteiger partial charge in [0, 0.05) is 6.42 Å². The Kier molecular flexibility index (Phi) is 5.53. The minimum atomic E-state index is -3.57. The molecule has 25 heavy (non-hydrogen) atoms. The van der Waals surface area contributed by atoms with Crippen LogP contribution in [0, 0.1) is 0 Å². The van der Waals surface area contributed by atoms with Crippen molar-refractivity contribution in [2.75, 3.05) is 0 Å². The molecule has 2 aromatic carbocycles. The van der Waals surface area contributed by atoms with Crippen molar-refractivity contribution in [2.24, 2.45) is 0 Å². The quantitative estimate of drug-likeness (QED) is 0.741. The van der Waals surface area contributed by atoms with E-state index in [0.717, 1.165) is 5.56 Å². The average molecular weight is 358 g/mol. The zero-order valence-electron chi connectivity index (χ0n) is 14.0. The molecular weight excluding hydrogens is 336 g/mol. The molecule has 0 saturated carbocycles. The first-order valence-corrected chi connectivity index (χ1v) is 10.1.